The van der Waals surface area contributed by atoms with E-state index in [4.69, 9.17) is 0 Å². The summed E-state index contributed by atoms with van der Waals surface area (Å²) >= 11 is 3.71. The Balaban J connectivity index is 2.48. The van der Waals surface area contributed by atoms with E-state index in [9.17, 15) is 0 Å². The number of aromatic nitrogens is 1. The van der Waals surface area contributed by atoms with E-state index in [0.717, 1.165) is 24.8 Å². The fraction of sp³-hybridized carbons (Fsp3) is 0.769. The number of hydrogen-bond acceptors (Lipinski definition) is 5. The van der Waals surface area contributed by atoms with E-state index >= 15 is 0 Å². The number of nitrogens with zero attached hydrogens (tertiary/aromatic N) is 2. The molecule has 0 radical (unpaired) electrons. The van der Waals surface area contributed by atoms with E-state index in [1.165, 1.54) is 17.1 Å². The topological polar surface area (TPSA) is 28.2 Å². The van der Waals surface area contributed by atoms with E-state index in [1.54, 1.807) is 11.3 Å². The van der Waals surface area contributed by atoms with Gasteiger partial charge in [0.25, 0.3) is 0 Å². The summed E-state index contributed by atoms with van der Waals surface area (Å²) < 4.78 is 0. The van der Waals surface area contributed by atoms with Gasteiger partial charge in [-0.15, -0.1) is 11.3 Å². The number of thiazole rings is 1. The zero-order valence-corrected chi connectivity index (χ0v) is 13.5. The molecule has 0 saturated carbocycles. The summed E-state index contributed by atoms with van der Waals surface area (Å²) in [5.41, 5.74) is 0. The van der Waals surface area contributed by atoms with Gasteiger partial charge in [0.05, 0.1) is 0 Å². The van der Waals surface area contributed by atoms with Gasteiger partial charge in [0.15, 0.2) is 5.13 Å². The molecule has 0 aliphatic heterocycles. The van der Waals surface area contributed by atoms with Crippen molar-refractivity contribution in [1.82, 2.24) is 10.3 Å². The largest absolute Gasteiger partial charge is 0.349 e. The Labute approximate surface area is 119 Å². The lowest BCUT2D eigenvalue weighted by molar-refractivity contribution is 0.544. The van der Waals surface area contributed by atoms with Crippen LogP contribution >= 0.6 is 23.1 Å². The van der Waals surface area contributed by atoms with Crippen LogP contribution in [0.15, 0.2) is 6.20 Å². The van der Waals surface area contributed by atoms with Crippen LogP contribution in [0.2, 0.25) is 0 Å². The highest BCUT2D eigenvalue weighted by Crippen LogP contribution is 2.22. The minimum atomic E-state index is 0.610. The summed E-state index contributed by atoms with van der Waals surface area (Å²) in [6.45, 7) is 9.59. The predicted octanol–water partition coefficient (Wildman–Crippen LogP) is 3.22. The summed E-state index contributed by atoms with van der Waals surface area (Å²) in [6, 6.07) is 0.610. The van der Waals surface area contributed by atoms with Gasteiger partial charge in [-0.25, -0.2) is 4.98 Å². The van der Waals surface area contributed by atoms with Crippen molar-refractivity contribution in [3.63, 3.8) is 0 Å². The van der Waals surface area contributed by atoms with Gasteiger partial charge in [0, 0.05) is 42.5 Å². The first-order valence-electron chi connectivity index (χ1n) is 6.67. The molecule has 0 aromatic carbocycles. The van der Waals surface area contributed by atoms with Gasteiger partial charge in [0.1, 0.15) is 0 Å². The van der Waals surface area contributed by atoms with Gasteiger partial charge in [-0.2, -0.15) is 11.8 Å². The fourth-order valence-corrected chi connectivity index (χ4v) is 3.53. The standard InChI is InChI=1S/C13H25N3S2/c1-5-11(10-17-4)14-8-12-9-15-13(18-12)16(6-2)7-3/h9,11,14H,5-8,10H2,1-4H3. The number of rotatable bonds is 9. The molecule has 0 spiro atoms. The molecule has 1 heterocycles. The third-order valence-electron chi connectivity index (χ3n) is 3.00. The Hall–Kier alpha value is -0.260. The minimum absolute atomic E-state index is 0.610. The summed E-state index contributed by atoms with van der Waals surface area (Å²) in [7, 11) is 0. The van der Waals surface area contributed by atoms with E-state index in [2.05, 4.69) is 42.2 Å². The van der Waals surface area contributed by atoms with Crippen molar-refractivity contribution in [3.05, 3.63) is 11.1 Å². The molecule has 0 amide bonds. The molecule has 0 aliphatic carbocycles. The van der Waals surface area contributed by atoms with E-state index in [1.807, 2.05) is 18.0 Å². The van der Waals surface area contributed by atoms with Crippen molar-refractivity contribution in [3.8, 4) is 0 Å². The van der Waals surface area contributed by atoms with Gasteiger partial charge in [-0.3, -0.25) is 0 Å². The van der Waals surface area contributed by atoms with E-state index in [0.29, 0.717) is 6.04 Å². The highest BCUT2D eigenvalue weighted by Gasteiger charge is 2.09. The van der Waals surface area contributed by atoms with Gasteiger partial charge >= 0.3 is 0 Å². The molecule has 1 unspecified atom stereocenters. The molecule has 1 aromatic rings. The third-order valence-corrected chi connectivity index (χ3v) is 4.79. The summed E-state index contributed by atoms with van der Waals surface area (Å²) in [5.74, 6) is 1.18. The molecule has 0 aliphatic rings. The molecule has 5 heteroatoms. The summed E-state index contributed by atoms with van der Waals surface area (Å²) in [6.07, 6.45) is 5.36. The maximum Gasteiger partial charge on any atom is 0.185 e. The summed E-state index contributed by atoms with van der Waals surface area (Å²) in [5, 5.41) is 4.75. The summed E-state index contributed by atoms with van der Waals surface area (Å²) in [4.78, 5) is 8.14. The lowest BCUT2D eigenvalue weighted by Crippen LogP contribution is -2.29. The molecule has 0 saturated heterocycles. The van der Waals surface area contributed by atoms with Crippen molar-refractivity contribution in [2.24, 2.45) is 0 Å². The molecular weight excluding hydrogens is 262 g/mol. The number of thioether (sulfide) groups is 1. The maximum atomic E-state index is 4.51. The van der Waals surface area contributed by atoms with Crippen LogP contribution in [0.1, 0.15) is 32.1 Å². The van der Waals surface area contributed by atoms with Crippen molar-refractivity contribution < 1.29 is 0 Å². The SMILES string of the molecule is CCC(CSC)NCc1cnc(N(CC)CC)s1. The molecule has 104 valence electrons. The van der Waals surface area contributed by atoms with Crippen LogP contribution in [0.5, 0.6) is 0 Å². The Morgan fingerprint density at radius 1 is 1.39 bits per heavy atom. The zero-order chi connectivity index (χ0) is 13.4. The van der Waals surface area contributed by atoms with Crippen LogP contribution < -0.4 is 10.2 Å². The van der Waals surface area contributed by atoms with Crippen molar-refractivity contribution in [1.29, 1.82) is 0 Å². The molecule has 1 aromatic heterocycles. The average Bonchev–Trinajstić information content (AvgIpc) is 2.85. The number of anilines is 1. The van der Waals surface area contributed by atoms with Crippen LogP contribution in [0.4, 0.5) is 5.13 Å². The second-order valence-corrected chi connectivity index (χ2v) is 6.23. The average molecular weight is 287 g/mol. The first-order valence-corrected chi connectivity index (χ1v) is 8.88. The van der Waals surface area contributed by atoms with Crippen LogP contribution in [-0.4, -0.2) is 36.1 Å². The zero-order valence-electron chi connectivity index (χ0n) is 11.9. The molecule has 1 rings (SSSR count). The molecule has 1 N–H and O–H groups in total. The molecular formula is C13H25N3S2. The fourth-order valence-electron chi connectivity index (χ4n) is 1.79. The lowest BCUT2D eigenvalue weighted by Gasteiger charge is -2.16. The predicted molar refractivity (Wildman–Crippen MR) is 85.0 cm³/mol. The first kappa shape index (κ1) is 15.8. The minimum Gasteiger partial charge on any atom is -0.349 e. The monoisotopic (exact) mass is 287 g/mol. The second kappa shape index (κ2) is 8.77. The maximum absolute atomic E-state index is 4.51. The van der Waals surface area contributed by atoms with Crippen molar-refractivity contribution >= 4 is 28.2 Å². The van der Waals surface area contributed by atoms with E-state index < -0.39 is 0 Å². The highest BCUT2D eigenvalue weighted by molar-refractivity contribution is 7.98. The Kier molecular flexibility index (Phi) is 7.70. The number of hydrogen-bond donors (Lipinski definition) is 1. The Morgan fingerprint density at radius 2 is 2.11 bits per heavy atom. The van der Waals surface area contributed by atoms with E-state index in [-0.39, 0.29) is 0 Å². The molecule has 1 atom stereocenters. The van der Waals surface area contributed by atoms with Crippen LogP contribution in [-0.2, 0) is 6.54 Å². The lowest BCUT2D eigenvalue weighted by atomic mass is 10.2. The van der Waals surface area contributed by atoms with Crippen LogP contribution in [0.25, 0.3) is 0 Å². The Bertz CT molecular complexity index is 324. The number of nitrogens with one attached hydrogen (secondary N) is 1. The second-order valence-electron chi connectivity index (χ2n) is 4.22. The quantitative estimate of drug-likeness (QED) is 0.755. The first-order chi connectivity index (χ1) is 8.74. The molecule has 18 heavy (non-hydrogen) atoms. The smallest absolute Gasteiger partial charge is 0.185 e. The van der Waals surface area contributed by atoms with Crippen molar-refractivity contribution in [2.75, 3.05) is 30.0 Å². The van der Waals surface area contributed by atoms with Gasteiger partial charge in [-0.1, -0.05) is 6.92 Å². The van der Waals surface area contributed by atoms with Crippen molar-refractivity contribution in [2.45, 2.75) is 39.8 Å². The van der Waals surface area contributed by atoms with Gasteiger partial charge in [-0.05, 0) is 26.5 Å². The molecule has 3 nitrogen and oxygen atoms in total. The van der Waals surface area contributed by atoms with Gasteiger partial charge in [0.2, 0.25) is 0 Å². The normalized spacial score (nSPS) is 12.7. The molecule has 0 fully saturated rings. The van der Waals surface area contributed by atoms with Gasteiger partial charge < -0.3 is 10.2 Å². The third kappa shape index (κ3) is 4.78. The molecule has 0 bridgehead atoms. The Morgan fingerprint density at radius 3 is 2.67 bits per heavy atom. The van der Waals surface area contributed by atoms with Crippen LogP contribution in [0, 0.1) is 0 Å². The van der Waals surface area contributed by atoms with Crippen LogP contribution in [0.3, 0.4) is 0 Å². The highest BCUT2D eigenvalue weighted by atomic mass is 32.2.